The van der Waals surface area contributed by atoms with Gasteiger partial charge in [0, 0.05) is 18.2 Å². The third-order valence-electron chi connectivity index (χ3n) is 2.55. The fraction of sp³-hybridized carbons (Fsp3) is 0.417. The first kappa shape index (κ1) is 11.7. The van der Waals surface area contributed by atoms with Crippen LogP contribution in [0.25, 0.3) is 0 Å². The van der Waals surface area contributed by atoms with Gasteiger partial charge in [-0.25, -0.2) is 0 Å². The second-order valence-corrected chi connectivity index (χ2v) is 4.13. The van der Waals surface area contributed by atoms with Gasteiger partial charge >= 0.3 is 0 Å². The maximum atomic E-state index is 10.8. The van der Waals surface area contributed by atoms with Crippen LogP contribution in [0.1, 0.15) is 26.3 Å². The molecule has 0 aliphatic heterocycles. The molecule has 2 N–H and O–H groups in total. The second-order valence-electron chi connectivity index (χ2n) is 4.13. The van der Waals surface area contributed by atoms with Gasteiger partial charge in [0.05, 0.1) is 0 Å². The fourth-order valence-corrected chi connectivity index (χ4v) is 1.32. The van der Waals surface area contributed by atoms with Crippen molar-refractivity contribution in [2.45, 2.75) is 26.3 Å². The molecule has 0 bridgehead atoms. The van der Waals surface area contributed by atoms with Gasteiger partial charge in [0.2, 0.25) is 5.91 Å². The van der Waals surface area contributed by atoms with E-state index in [1.54, 1.807) is 0 Å². The molecule has 0 aliphatic rings. The van der Waals surface area contributed by atoms with Crippen LogP contribution < -0.4 is 10.6 Å². The van der Waals surface area contributed by atoms with E-state index in [0.717, 1.165) is 5.69 Å². The van der Waals surface area contributed by atoms with Gasteiger partial charge in [0.25, 0.3) is 0 Å². The average molecular weight is 206 g/mol. The number of nitrogens with one attached hydrogen (secondary N) is 2. The van der Waals surface area contributed by atoms with E-state index in [2.05, 4.69) is 24.5 Å². The smallest absolute Gasteiger partial charge is 0.221 e. The average Bonchev–Trinajstić information content (AvgIpc) is 2.18. The molecule has 0 fully saturated rings. The van der Waals surface area contributed by atoms with Crippen molar-refractivity contribution in [3.05, 3.63) is 29.8 Å². The van der Waals surface area contributed by atoms with Crippen LogP contribution >= 0.6 is 0 Å². The molecule has 0 aromatic heterocycles. The SMILES string of the molecule is CNC(C)(C)c1ccc(NC(C)=O)cc1. The Hall–Kier alpha value is -1.35. The Morgan fingerprint density at radius 1 is 1.20 bits per heavy atom. The first-order valence-electron chi connectivity index (χ1n) is 5.03. The molecule has 0 spiro atoms. The summed E-state index contributed by atoms with van der Waals surface area (Å²) in [5.41, 5.74) is 1.98. The van der Waals surface area contributed by atoms with Gasteiger partial charge in [-0.3, -0.25) is 4.79 Å². The lowest BCUT2D eigenvalue weighted by Gasteiger charge is -2.24. The summed E-state index contributed by atoms with van der Waals surface area (Å²) in [5.74, 6) is -0.0457. The topological polar surface area (TPSA) is 41.1 Å². The lowest BCUT2D eigenvalue weighted by molar-refractivity contribution is -0.114. The quantitative estimate of drug-likeness (QED) is 0.795. The lowest BCUT2D eigenvalue weighted by atomic mass is 9.94. The molecule has 0 saturated heterocycles. The molecule has 82 valence electrons. The molecule has 3 heteroatoms. The highest BCUT2D eigenvalue weighted by atomic mass is 16.1. The van der Waals surface area contributed by atoms with Crippen molar-refractivity contribution in [2.75, 3.05) is 12.4 Å². The normalized spacial score (nSPS) is 11.2. The Labute approximate surface area is 90.9 Å². The molecule has 1 amide bonds. The molecule has 0 heterocycles. The summed E-state index contributed by atoms with van der Waals surface area (Å²) in [6.45, 7) is 5.73. The fourth-order valence-electron chi connectivity index (χ4n) is 1.32. The number of benzene rings is 1. The zero-order valence-corrected chi connectivity index (χ0v) is 9.72. The first-order valence-corrected chi connectivity index (χ1v) is 5.03. The Bertz CT molecular complexity index is 341. The van der Waals surface area contributed by atoms with Crippen LogP contribution in [0.15, 0.2) is 24.3 Å². The van der Waals surface area contributed by atoms with E-state index in [0.29, 0.717) is 0 Å². The van der Waals surface area contributed by atoms with Gasteiger partial charge in [0.15, 0.2) is 0 Å². The lowest BCUT2D eigenvalue weighted by Crippen LogP contribution is -2.32. The molecule has 1 rings (SSSR count). The predicted octanol–water partition coefficient (Wildman–Crippen LogP) is 2.10. The Morgan fingerprint density at radius 3 is 2.13 bits per heavy atom. The molecule has 0 radical (unpaired) electrons. The number of amides is 1. The van der Waals surface area contributed by atoms with Crippen LogP contribution in [0, 0.1) is 0 Å². The number of carbonyl (C=O) groups is 1. The maximum absolute atomic E-state index is 10.8. The van der Waals surface area contributed by atoms with Gasteiger partial charge in [-0.1, -0.05) is 12.1 Å². The summed E-state index contributed by atoms with van der Waals surface area (Å²) in [5, 5.41) is 5.97. The van der Waals surface area contributed by atoms with Gasteiger partial charge in [-0.15, -0.1) is 0 Å². The van der Waals surface area contributed by atoms with Crippen LogP contribution in [-0.2, 0) is 10.3 Å². The van der Waals surface area contributed by atoms with Crippen molar-refractivity contribution < 1.29 is 4.79 Å². The summed E-state index contributed by atoms with van der Waals surface area (Å²) in [6.07, 6.45) is 0. The largest absolute Gasteiger partial charge is 0.326 e. The van der Waals surface area contributed by atoms with Crippen LogP contribution in [0.3, 0.4) is 0 Å². The molecule has 1 aromatic rings. The van der Waals surface area contributed by atoms with Crippen molar-refractivity contribution in [1.29, 1.82) is 0 Å². The monoisotopic (exact) mass is 206 g/mol. The standard InChI is InChI=1S/C12H18N2O/c1-9(15)14-11-7-5-10(6-8-11)12(2,3)13-4/h5-8,13H,1-4H3,(H,14,15). The number of anilines is 1. The van der Waals surface area contributed by atoms with Crippen LogP contribution in [0.5, 0.6) is 0 Å². The van der Waals surface area contributed by atoms with Crippen molar-refractivity contribution in [1.82, 2.24) is 5.32 Å². The van der Waals surface area contributed by atoms with Gasteiger partial charge in [0.1, 0.15) is 0 Å². The molecular formula is C12H18N2O. The minimum absolute atomic E-state index is 0.0457. The summed E-state index contributed by atoms with van der Waals surface area (Å²) in [7, 11) is 1.93. The van der Waals surface area contributed by atoms with Gasteiger partial charge < -0.3 is 10.6 Å². The van der Waals surface area contributed by atoms with E-state index in [1.807, 2.05) is 31.3 Å². The van der Waals surface area contributed by atoms with E-state index in [4.69, 9.17) is 0 Å². The molecular weight excluding hydrogens is 188 g/mol. The van der Waals surface area contributed by atoms with E-state index >= 15 is 0 Å². The van der Waals surface area contributed by atoms with E-state index in [-0.39, 0.29) is 11.4 Å². The minimum Gasteiger partial charge on any atom is -0.326 e. The van der Waals surface area contributed by atoms with Crippen molar-refractivity contribution >= 4 is 11.6 Å². The molecule has 0 aliphatic carbocycles. The van der Waals surface area contributed by atoms with E-state index < -0.39 is 0 Å². The molecule has 15 heavy (non-hydrogen) atoms. The van der Waals surface area contributed by atoms with Crippen LogP contribution in [-0.4, -0.2) is 13.0 Å². The predicted molar refractivity (Wildman–Crippen MR) is 62.8 cm³/mol. The van der Waals surface area contributed by atoms with Crippen LogP contribution in [0.4, 0.5) is 5.69 Å². The summed E-state index contributed by atoms with van der Waals surface area (Å²) in [6, 6.07) is 7.86. The van der Waals surface area contributed by atoms with Gasteiger partial charge in [-0.05, 0) is 38.6 Å². The highest BCUT2D eigenvalue weighted by Crippen LogP contribution is 2.21. The third kappa shape index (κ3) is 3.06. The van der Waals surface area contributed by atoms with Crippen molar-refractivity contribution in [3.8, 4) is 0 Å². The number of rotatable bonds is 3. The van der Waals surface area contributed by atoms with E-state index in [9.17, 15) is 4.79 Å². The van der Waals surface area contributed by atoms with Crippen molar-refractivity contribution in [2.24, 2.45) is 0 Å². The Morgan fingerprint density at radius 2 is 1.73 bits per heavy atom. The Kier molecular flexibility index (Phi) is 3.48. The Balaban J connectivity index is 2.85. The van der Waals surface area contributed by atoms with Gasteiger partial charge in [-0.2, -0.15) is 0 Å². The highest BCUT2D eigenvalue weighted by Gasteiger charge is 2.16. The zero-order chi connectivity index (χ0) is 11.5. The van der Waals surface area contributed by atoms with Crippen molar-refractivity contribution in [3.63, 3.8) is 0 Å². The van der Waals surface area contributed by atoms with E-state index in [1.165, 1.54) is 12.5 Å². The summed E-state index contributed by atoms with van der Waals surface area (Å²) in [4.78, 5) is 10.8. The summed E-state index contributed by atoms with van der Waals surface area (Å²) >= 11 is 0. The zero-order valence-electron chi connectivity index (χ0n) is 9.72. The number of hydrogen-bond donors (Lipinski definition) is 2. The minimum atomic E-state index is -0.0469. The number of hydrogen-bond acceptors (Lipinski definition) is 2. The third-order valence-corrected chi connectivity index (χ3v) is 2.55. The second kappa shape index (κ2) is 4.45. The number of carbonyl (C=O) groups excluding carboxylic acids is 1. The molecule has 0 saturated carbocycles. The molecule has 1 aromatic carbocycles. The highest BCUT2D eigenvalue weighted by molar-refractivity contribution is 5.88. The molecule has 3 nitrogen and oxygen atoms in total. The van der Waals surface area contributed by atoms with Crippen LogP contribution in [0.2, 0.25) is 0 Å². The molecule has 0 atom stereocenters. The maximum Gasteiger partial charge on any atom is 0.221 e. The summed E-state index contributed by atoms with van der Waals surface area (Å²) < 4.78 is 0. The molecule has 0 unspecified atom stereocenters. The first-order chi connectivity index (χ1) is 6.95.